The molecule has 0 aliphatic carbocycles. The van der Waals surface area contributed by atoms with Crippen molar-refractivity contribution in [2.24, 2.45) is 0 Å². The van der Waals surface area contributed by atoms with Gasteiger partial charge in [0.25, 0.3) is 0 Å². The first-order valence-corrected chi connectivity index (χ1v) is 5.80. The van der Waals surface area contributed by atoms with Gasteiger partial charge in [0, 0.05) is 24.5 Å². The van der Waals surface area contributed by atoms with Gasteiger partial charge in [-0.3, -0.25) is 9.69 Å². The van der Waals surface area contributed by atoms with Crippen molar-refractivity contribution in [2.75, 3.05) is 23.3 Å². The molecule has 1 aromatic rings. The summed E-state index contributed by atoms with van der Waals surface area (Å²) in [7, 11) is 0. The molecule has 0 unspecified atom stereocenters. The summed E-state index contributed by atoms with van der Waals surface area (Å²) in [6.45, 7) is 3.07. The molecule has 0 saturated carbocycles. The molecule has 1 heterocycles. The molecule has 0 atom stereocenters. The van der Waals surface area contributed by atoms with Gasteiger partial charge in [0.2, 0.25) is 5.91 Å². The van der Waals surface area contributed by atoms with Crippen molar-refractivity contribution in [3.8, 4) is 0 Å². The van der Waals surface area contributed by atoms with Gasteiger partial charge in [-0.2, -0.15) is 0 Å². The van der Waals surface area contributed by atoms with Gasteiger partial charge in [-0.15, -0.1) is 0 Å². The molecule has 5 nitrogen and oxygen atoms in total. The van der Waals surface area contributed by atoms with Crippen molar-refractivity contribution in [1.82, 2.24) is 5.32 Å². The molecule has 3 amide bonds. The lowest BCUT2D eigenvalue weighted by Gasteiger charge is -2.15. The molecule has 0 spiro atoms. The maximum absolute atomic E-state index is 11.5. The molecule has 0 aromatic heterocycles. The normalized spacial score (nSPS) is 14.9. The predicted molar refractivity (Wildman–Crippen MR) is 70.6 cm³/mol. The Morgan fingerprint density at radius 1 is 1.50 bits per heavy atom. The number of nitrogens with zero attached hydrogens (tertiary/aromatic N) is 1. The second kappa shape index (κ2) is 5.35. The summed E-state index contributed by atoms with van der Waals surface area (Å²) in [5.41, 5.74) is 1.46. The summed E-state index contributed by atoms with van der Waals surface area (Å²) in [6, 6.07) is 7.13. The van der Waals surface area contributed by atoms with E-state index in [0.717, 1.165) is 5.69 Å². The van der Waals surface area contributed by atoms with Gasteiger partial charge >= 0.3 is 6.03 Å². The Bertz CT molecular complexity index is 497. The first kappa shape index (κ1) is 12.2. The van der Waals surface area contributed by atoms with Crippen LogP contribution in [-0.4, -0.2) is 25.0 Å². The molecule has 2 N–H and O–H groups in total. The maximum atomic E-state index is 11.5. The van der Waals surface area contributed by atoms with Gasteiger partial charge in [0.05, 0.1) is 0 Å². The fourth-order valence-electron chi connectivity index (χ4n) is 1.80. The zero-order chi connectivity index (χ0) is 13.0. The lowest BCUT2D eigenvalue weighted by atomic mass is 10.2. The first-order valence-electron chi connectivity index (χ1n) is 5.80. The lowest BCUT2D eigenvalue weighted by Crippen LogP contribution is -2.27. The summed E-state index contributed by atoms with van der Waals surface area (Å²) in [4.78, 5) is 24.6. The van der Waals surface area contributed by atoms with Gasteiger partial charge in [0.1, 0.15) is 0 Å². The van der Waals surface area contributed by atoms with Crippen LogP contribution in [0.15, 0.2) is 36.4 Å². The van der Waals surface area contributed by atoms with Crippen LogP contribution in [0.4, 0.5) is 16.2 Å². The van der Waals surface area contributed by atoms with E-state index < -0.39 is 0 Å². The number of amides is 3. The second-order valence-corrected chi connectivity index (χ2v) is 3.92. The Kier molecular flexibility index (Phi) is 3.62. The van der Waals surface area contributed by atoms with Crippen LogP contribution in [-0.2, 0) is 4.79 Å². The van der Waals surface area contributed by atoms with Crippen molar-refractivity contribution in [1.29, 1.82) is 0 Å². The number of nitrogens with one attached hydrogen (secondary N) is 2. The number of hydrogen-bond acceptors (Lipinski definition) is 2. The van der Waals surface area contributed by atoms with Crippen molar-refractivity contribution < 1.29 is 9.59 Å². The maximum Gasteiger partial charge on any atom is 0.321 e. The predicted octanol–water partition coefficient (Wildman–Crippen LogP) is 1.73. The molecular formula is C13H15N3O2. The van der Waals surface area contributed by atoms with Crippen LogP contribution in [0.1, 0.15) is 6.92 Å². The first-order chi connectivity index (χ1) is 8.70. The van der Waals surface area contributed by atoms with E-state index in [1.165, 1.54) is 6.08 Å². The Labute approximate surface area is 105 Å². The molecule has 1 aliphatic rings. The Balaban J connectivity index is 2.14. The van der Waals surface area contributed by atoms with E-state index in [1.54, 1.807) is 30.0 Å². The molecule has 0 radical (unpaired) electrons. The van der Waals surface area contributed by atoms with Gasteiger partial charge < -0.3 is 10.6 Å². The van der Waals surface area contributed by atoms with E-state index in [-0.39, 0.29) is 11.9 Å². The summed E-state index contributed by atoms with van der Waals surface area (Å²) in [6.07, 6.45) is 3.13. The highest BCUT2D eigenvalue weighted by atomic mass is 16.2. The summed E-state index contributed by atoms with van der Waals surface area (Å²) in [5, 5.41) is 5.47. The molecule has 5 heteroatoms. The minimum absolute atomic E-state index is 0.105. The van der Waals surface area contributed by atoms with Crippen molar-refractivity contribution in [2.45, 2.75) is 6.92 Å². The number of carbonyl (C=O) groups is 2. The van der Waals surface area contributed by atoms with Crippen LogP contribution >= 0.6 is 0 Å². The van der Waals surface area contributed by atoms with Crippen molar-refractivity contribution in [3.63, 3.8) is 0 Å². The highest BCUT2D eigenvalue weighted by Crippen LogP contribution is 2.20. The van der Waals surface area contributed by atoms with E-state index in [2.05, 4.69) is 10.6 Å². The molecule has 1 aromatic carbocycles. The third-order valence-electron chi connectivity index (χ3n) is 2.60. The third kappa shape index (κ3) is 2.68. The SMILES string of the molecule is CC=CC(=O)Nc1cccc(N2CCNC2=O)c1. The zero-order valence-corrected chi connectivity index (χ0v) is 10.1. The average Bonchev–Trinajstić information content (AvgIpc) is 2.76. The number of allylic oxidation sites excluding steroid dienone is 1. The highest BCUT2D eigenvalue weighted by Gasteiger charge is 2.21. The largest absolute Gasteiger partial charge is 0.336 e. The number of benzene rings is 1. The van der Waals surface area contributed by atoms with Crippen LogP contribution in [0.2, 0.25) is 0 Å². The number of hydrogen-bond donors (Lipinski definition) is 2. The van der Waals surface area contributed by atoms with Crippen LogP contribution in [0.5, 0.6) is 0 Å². The van der Waals surface area contributed by atoms with Crippen molar-refractivity contribution >= 4 is 23.3 Å². The smallest absolute Gasteiger partial charge is 0.321 e. The van der Waals surface area contributed by atoms with Gasteiger partial charge in [-0.05, 0) is 31.2 Å². The van der Waals surface area contributed by atoms with Gasteiger partial charge in [0.15, 0.2) is 0 Å². The Hall–Kier alpha value is -2.30. The molecule has 94 valence electrons. The second-order valence-electron chi connectivity index (χ2n) is 3.92. The summed E-state index contributed by atoms with van der Waals surface area (Å²) >= 11 is 0. The van der Waals surface area contributed by atoms with E-state index in [4.69, 9.17) is 0 Å². The molecule has 0 bridgehead atoms. The topological polar surface area (TPSA) is 61.4 Å². The Morgan fingerprint density at radius 3 is 3.00 bits per heavy atom. The standard InChI is InChI=1S/C13H15N3O2/c1-2-4-12(17)15-10-5-3-6-11(9-10)16-8-7-14-13(16)18/h2-6,9H,7-8H2,1H3,(H,14,18)(H,15,17). The minimum Gasteiger partial charge on any atom is -0.336 e. The molecule has 1 aliphatic heterocycles. The van der Waals surface area contributed by atoms with Gasteiger partial charge in [-0.1, -0.05) is 12.1 Å². The number of urea groups is 1. The van der Waals surface area contributed by atoms with Crippen LogP contribution in [0.3, 0.4) is 0 Å². The highest BCUT2D eigenvalue weighted by molar-refractivity contribution is 6.00. The minimum atomic E-state index is -0.180. The molecule has 18 heavy (non-hydrogen) atoms. The van der Waals surface area contributed by atoms with Crippen LogP contribution in [0.25, 0.3) is 0 Å². The van der Waals surface area contributed by atoms with E-state index in [1.807, 2.05) is 12.1 Å². The van der Waals surface area contributed by atoms with Gasteiger partial charge in [-0.25, -0.2) is 4.79 Å². The molecule has 1 saturated heterocycles. The quantitative estimate of drug-likeness (QED) is 0.797. The van der Waals surface area contributed by atoms with Crippen molar-refractivity contribution in [3.05, 3.63) is 36.4 Å². The molecular weight excluding hydrogens is 230 g/mol. The molecule has 1 fully saturated rings. The fourth-order valence-corrected chi connectivity index (χ4v) is 1.80. The molecule has 2 rings (SSSR count). The number of anilines is 2. The van der Waals surface area contributed by atoms with Crippen LogP contribution in [0, 0.1) is 0 Å². The Morgan fingerprint density at radius 2 is 2.33 bits per heavy atom. The monoisotopic (exact) mass is 245 g/mol. The summed E-state index contributed by atoms with van der Waals surface area (Å²) < 4.78 is 0. The van der Waals surface area contributed by atoms with E-state index in [9.17, 15) is 9.59 Å². The van der Waals surface area contributed by atoms with E-state index >= 15 is 0 Å². The number of carbonyl (C=O) groups excluding carboxylic acids is 2. The summed E-state index contributed by atoms with van der Waals surface area (Å²) in [5.74, 6) is -0.180. The zero-order valence-electron chi connectivity index (χ0n) is 10.1. The third-order valence-corrected chi connectivity index (χ3v) is 2.60. The number of rotatable bonds is 3. The van der Waals surface area contributed by atoms with E-state index in [0.29, 0.717) is 18.8 Å². The average molecular weight is 245 g/mol. The van der Waals surface area contributed by atoms with Crippen LogP contribution < -0.4 is 15.5 Å². The lowest BCUT2D eigenvalue weighted by molar-refractivity contribution is -0.111. The fraction of sp³-hybridized carbons (Fsp3) is 0.231.